The average molecular weight is 295 g/mol. The molecule has 1 saturated heterocycles. The van der Waals surface area contributed by atoms with E-state index in [-0.39, 0.29) is 11.9 Å². The monoisotopic (exact) mass is 295 g/mol. The Labute approximate surface area is 124 Å². The van der Waals surface area contributed by atoms with Gasteiger partial charge in [0.2, 0.25) is 0 Å². The van der Waals surface area contributed by atoms with E-state index in [0.29, 0.717) is 32.0 Å². The average Bonchev–Trinajstić information content (AvgIpc) is 2.63. The van der Waals surface area contributed by atoms with E-state index in [4.69, 9.17) is 4.74 Å². The van der Waals surface area contributed by atoms with Gasteiger partial charge in [0.15, 0.2) is 11.6 Å². The lowest BCUT2D eigenvalue weighted by molar-refractivity contribution is 0.0263. The molecule has 0 bridgehead atoms. The normalized spacial score (nSPS) is 16.6. The van der Waals surface area contributed by atoms with Crippen molar-refractivity contribution >= 4 is 11.9 Å². The number of rotatable bonds is 1. The van der Waals surface area contributed by atoms with Crippen LogP contribution in [0.1, 0.15) is 27.2 Å². The number of ether oxygens (including phenoxy) is 1. The van der Waals surface area contributed by atoms with E-state index in [1.165, 1.54) is 6.07 Å². The largest absolute Gasteiger partial charge is 0.444 e. The van der Waals surface area contributed by atoms with Crippen LogP contribution in [-0.4, -0.2) is 47.8 Å². The highest BCUT2D eigenvalue weighted by Crippen LogP contribution is 2.18. The second-order valence-electron chi connectivity index (χ2n) is 6.12. The van der Waals surface area contributed by atoms with E-state index in [2.05, 4.69) is 4.98 Å². The van der Waals surface area contributed by atoms with Crippen molar-refractivity contribution in [3.63, 3.8) is 0 Å². The standard InChI is InChI=1S/C15H22FN3O2/c1-15(2,3)21-14(20)19-9-5-8-18(10-11-19)13-12(16)6-4-7-17-13/h4,6-7H,5,8-11H2,1-3H3. The topological polar surface area (TPSA) is 45.7 Å². The van der Waals surface area contributed by atoms with Crippen LogP contribution in [0, 0.1) is 5.82 Å². The van der Waals surface area contributed by atoms with Gasteiger partial charge in [0.05, 0.1) is 0 Å². The first kappa shape index (κ1) is 15.5. The van der Waals surface area contributed by atoms with Gasteiger partial charge in [0.25, 0.3) is 0 Å². The number of carbonyl (C=O) groups excluding carboxylic acids is 1. The molecular formula is C15H22FN3O2. The maximum absolute atomic E-state index is 13.8. The van der Waals surface area contributed by atoms with E-state index >= 15 is 0 Å². The number of pyridine rings is 1. The highest BCUT2D eigenvalue weighted by Gasteiger charge is 2.25. The zero-order valence-corrected chi connectivity index (χ0v) is 12.8. The fraction of sp³-hybridized carbons (Fsp3) is 0.600. The van der Waals surface area contributed by atoms with Gasteiger partial charge in [-0.2, -0.15) is 0 Å². The van der Waals surface area contributed by atoms with E-state index in [1.807, 2.05) is 25.7 Å². The summed E-state index contributed by atoms with van der Waals surface area (Å²) in [6.07, 6.45) is 2.02. The second kappa shape index (κ2) is 6.28. The summed E-state index contributed by atoms with van der Waals surface area (Å²) < 4.78 is 19.2. The third kappa shape index (κ3) is 4.31. The number of nitrogens with zero attached hydrogens (tertiary/aromatic N) is 3. The lowest BCUT2D eigenvalue weighted by atomic mass is 10.2. The number of anilines is 1. The Hall–Kier alpha value is -1.85. The quantitative estimate of drug-likeness (QED) is 0.799. The highest BCUT2D eigenvalue weighted by atomic mass is 19.1. The molecule has 0 aliphatic carbocycles. The molecule has 1 amide bonds. The minimum absolute atomic E-state index is 0.314. The molecular weight excluding hydrogens is 273 g/mol. The number of halogens is 1. The molecule has 1 aromatic heterocycles. The van der Waals surface area contributed by atoms with Gasteiger partial charge in [-0.25, -0.2) is 14.2 Å². The summed E-state index contributed by atoms with van der Waals surface area (Å²) in [6, 6.07) is 2.97. The molecule has 2 heterocycles. The zero-order valence-electron chi connectivity index (χ0n) is 12.8. The Kier molecular flexibility index (Phi) is 4.65. The summed E-state index contributed by atoms with van der Waals surface area (Å²) in [5.74, 6) is 0.0201. The minimum atomic E-state index is -0.504. The van der Waals surface area contributed by atoms with Gasteiger partial charge in [-0.05, 0) is 39.3 Å². The molecule has 5 nitrogen and oxygen atoms in total. The first-order valence-corrected chi connectivity index (χ1v) is 7.20. The Morgan fingerprint density at radius 3 is 2.71 bits per heavy atom. The van der Waals surface area contributed by atoms with Gasteiger partial charge in [-0.3, -0.25) is 0 Å². The van der Waals surface area contributed by atoms with E-state index in [0.717, 1.165) is 6.42 Å². The predicted octanol–water partition coefficient (Wildman–Crippen LogP) is 2.67. The molecule has 0 radical (unpaired) electrons. The van der Waals surface area contributed by atoms with Gasteiger partial charge in [0.1, 0.15) is 5.60 Å². The molecule has 1 fully saturated rings. The lowest BCUT2D eigenvalue weighted by Gasteiger charge is -2.26. The Morgan fingerprint density at radius 2 is 2.05 bits per heavy atom. The summed E-state index contributed by atoms with van der Waals surface area (Å²) in [4.78, 5) is 19.7. The van der Waals surface area contributed by atoms with Crippen LogP contribution in [0.3, 0.4) is 0 Å². The van der Waals surface area contributed by atoms with Crippen LogP contribution < -0.4 is 4.90 Å². The highest BCUT2D eigenvalue weighted by molar-refractivity contribution is 5.68. The van der Waals surface area contributed by atoms with Crippen molar-refractivity contribution in [2.24, 2.45) is 0 Å². The smallest absolute Gasteiger partial charge is 0.410 e. The van der Waals surface area contributed by atoms with Gasteiger partial charge >= 0.3 is 6.09 Å². The van der Waals surface area contributed by atoms with E-state index < -0.39 is 5.60 Å². The Morgan fingerprint density at radius 1 is 1.29 bits per heavy atom. The van der Waals surface area contributed by atoms with Gasteiger partial charge < -0.3 is 14.5 Å². The molecule has 2 rings (SSSR count). The van der Waals surface area contributed by atoms with Crippen molar-refractivity contribution in [2.45, 2.75) is 32.8 Å². The molecule has 0 atom stereocenters. The van der Waals surface area contributed by atoms with Crippen molar-refractivity contribution in [3.8, 4) is 0 Å². The number of hydrogen-bond acceptors (Lipinski definition) is 4. The van der Waals surface area contributed by atoms with Crippen LogP contribution in [0.25, 0.3) is 0 Å². The third-order valence-electron chi connectivity index (χ3n) is 3.19. The molecule has 0 spiro atoms. The van der Waals surface area contributed by atoms with Crippen LogP contribution in [0.2, 0.25) is 0 Å². The fourth-order valence-corrected chi connectivity index (χ4v) is 2.25. The summed E-state index contributed by atoms with van der Waals surface area (Å²) in [7, 11) is 0. The fourth-order valence-electron chi connectivity index (χ4n) is 2.25. The number of amides is 1. The zero-order chi connectivity index (χ0) is 15.5. The van der Waals surface area contributed by atoms with Crippen molar-refractivity contribution in [2.75, 3.05) is 31.1 Å². The summed E-state index contributed by atoms with van der Waals surface area (Å²) >= 11 is 0. The van der Waals surface area contributed by atoms with Gasteiger partial charge in [-0.1, -0.05) is 0 Å². The molecule has 1 aliphatic rings. The molecule has 1 aromatic rings. The van der Waals surface area contributed by atoms with Crippen LogP contribution in [0.4, 0.5) is 15.0 Å². The first-order valence-electron chi connectivity index (χ1n) is 7.20. The molecule has 116 valence electrons. The maximum Gasteiger partial charge on any atom is 0.410 e. The molecule has 0 aromatic carbocycles. The number of carbonyl (C=O) groups is 1. The number of hydrogen-bond donors (Lipinski definition) is 0. The Bertz CT molecular complexity index is 502. The van der Waals surface area contributed by atoms with Crippen LogP contribution in [0.15, 0.2) is 18.3 Å². The number of aromatic nitrogens is 1. The lowest BCUT2D eigenvalue weighted by Crippen LogP contribution is -2.39. The second-order valence-corrected chi connectivity index (χ2v) is 6.12. The van der Waals surface area contributed by atoms with Crippen molar-refractivity contribution in [3.05, 3.63) is 24.1 Å². The predicted molar refractivity (Wildman–Crippen MR) is 78.8 cm³/mol. The molecule has 6 heteroatoms. The SMILES string of the molecule is CC(C)(C)OC(=O)N1CCCN(c2ncccc2F)CC1. The van der Waals surface area contributed by atoms with E-state index in [9.17, 15) is 9.18 Å². The summed E-state index contributed by atoms with van der Waals surface area (Å²) in [5.41, 5.74) is -0.504. The molecule has 21 heavy (non-hydrogen) atoms. The molecule has 0 N–H and O–H groups in total. The molecule has 1 aliphatic heterocycles. The Balaban J connectivity index is 1.99. The van der Waals surface area contributed by atoms with Crippen LogP contribution in [-0.2, 0) is 4.74 Å². The van der Waals surface area contributed by atoms with Crippen molar-refractivity contribution in [1.82, 2.24) is 9.88 Å². The summed E-state index contributed by atoms with van der Waals surface area (Å²) in [6.45, 7) is 7.88. The molecule has 0 unspecified atom stereocenters. The van der Waals surface area contributed by atoms with Gasteiger partial charge in [-0.15, -0.1) is 0 Å². The maximum atomic E-state index is 13.8. The molecule has 0 saturated carbocycles. The minimum Gasteiger partial charge on any atom is -0.444 e. The van der Waals surface area contributed by atoms with Crippen LogP contribution >= 0.6 is 0 Å². The van der Waals surface area contributed by atoms with E-state index in [1.54, 1.807) is 17.2 Å². The van der Waals surface area contributed by atoms with Gasteiger partial charge in [0, 0.05) is 32.4 Å². The van der Waals surface area contributed by atoms with Crippen molar-refractivity contribution in [1.29, 1.82) is 0 Å². The van der Waals surface area contributed by atoms with Crippen LogP contribution in [0.5, 0.6) is 0 Å². The summed E-state index contributed by atoms with van der Waals surface area (Å²) in [5, 5.41) is 0. The van der Waals surface area contributed by atoms with Crippen molar-refractivity contribution < 1.29 is 13.9 Å². The first-order chi connectivity index (χ1) is 9.87. The third-order valence-corrected chi connectivity index (χ3v) is 3.19.